The van der Waals surface area contributed by atoms with Crippen LogP contribution in [0.15, 0.2) is 17.5 Å². The SMILES string of the molecule is CNCCN1C(=O)CC[C@H]2CN(C(=O)Cc3cccs3)CC[C@H]21. The highest BCUT2D eigenvalue weighted by molar-refractivity contribution is 7.10. The van der Waals surface area contributed by atoms with Crippen molar-refractivity contribution in [2.24, 2.45) is 5.92 Å². The summed E-state index contributed by atoms with van der Waals surface area (Å²) in [5, 5.41) is 5.14. The van der Waals surface area contributed by atoms with Gasteiger partial charge in [-0.1, -0.05) is 6.07 Å². The van der Waals surface area contributed by atoms with Gasteiger partial charge in [-0.3, -0.25) is 9.59 Å². The minimum Gasteiger partial charge on any atom is -0.342 e. The van der Waals surface area contributed by atoms with Gasteiger partial charge in [-0.15, -0.1) is 11.3 Å². The van der Waals surface area contributed by atoms with Gasteiger partial charge in [0.15, 0.2) is 0 Å². The van der Waals surface area contributed by atoms with Gasteiger partial charge in [0.05, 0.1) is 6.42 Å². The first-order chi connectivity index (χ1) is 11.2. The average molecular weight is 335 g/mol. The molecule has 3 rings (SSSR count). The first-order valence-corrected chi connectivity index (χ1v) is 9.31. The zero-order chi connectivity index (χ0) is 16.2. The van der Waals surface area contributed by atoms with Crippen molar-refractivity contribution in [3.8, 4) is 0 Å². The van der Waals surface area contributed by atoms with Crippen molar-refractivity contribution >= 4 is 23.2 Å². The van der Waals surface area contributed by atoms with Gasteiger partial charge in [-0.25, -0.2) is 0 Å². The third-order valence-electron chi connectivity index (χ3n) is 5.00. The highest BCUT2D eigenvalue weighted by Gasteiger charge is 2.39. The lowest BCUT2D eigenvalue weighted by molar-refractivity contribution is -0.143. The number of likely N-dealkylation sites (tertiary alicyclic amines) is 2. The van der Waals surface area contributed by atoms with Gasteiger partial charge in [-0.2, -0.15) is 0 Å². The van der Waals surface area contributed by atoms with Crippen LogP contribution in [0.5, 0.6) is 0 Å². The molecule has 5 nitrogen and oxygen atoms in total. The molecule has 2 aliphatic heterocycles. The van der Waals surface area contributed by atoms with Crippen LogP contribution in [0.2, 0.25) is 0 Å². The van der Waals surface area contributed by atoms with E-state index in [1.165, 1.54) is 0 Å². The van der Waals surface area contributed by atoms with Crippen LogP contribution >= 0.6 is 11.3 Å². The van der Waals surface area contributed by atoms with E-state index in [9.17, 15) is 9.59 Å². The zero-order valence-electron chi connectivity index (χ0n) is 13.7. The number of piperidine rings is 2. The second-order valence-corrected chi connectivity index (χ2v) is 7.47. The lowest BCUT2D eigenvalue weighted by atomic mass is 9.83. The molecule has 23 heavy (non-hydrogen) atoms. The molecule has 0 saturated carbocycles. The fourth-order valence-electron chi connectivity index (χ4n) is 3.77. The molecular formula is C17H25N3O2S. The molecule has 0 bridgehead atoms. The number of rotatable bonds is 5. The molecule has 0 aliphatic carbocycles. The molecule has 126 valence electrons. The molecule has 1 aromatic heterocycles. The Morgan fingerprint density at radius 3 is 3.04 bits per heavy atom. The molecule has 0 spiro atoms. The first kappa shape index (κ1) is 16.5. The van der Waals surface area contributed by atoms with E-state index in [-0.39, 0.29) is 11.8 Å². The van der Waals surface area contributed by atoms with Crippen LogP contribution in [0.1, 0.15) is 24.1 Å². The fourth-order valence-corrected chi connectivity index (χ4v) is 4.47. The summed E-state index contributed by atoms with van der Waals surface area (Å²) in [6, 6.07) is 4.33. The van der Waals surface area contributed by atoms with Crippen LogP contribution in [-0.4, -0.2) is 60.9 Å². The number of hydrogen-bond donors (Lipinski definition) is 1. The smallest absolute Gasteiger partial charge is 0.227 e. The number of carbonyl (C=O) groups is 2. The van der Waals surface area contributed by atoms with E-state index < -0.39 is 0 Å². The van der Waals surface area contributed by atoms with E-state index >= 15 is 0 Å². The largest absolute Gasteiger partial charge is 0.342 e. The Morgan fingerprint density at radius 1 is 1.43 bits per heavy atom. The van der Waals surface area contributed by atoms with Gasteiger partial charge < -0.3 is 15.1 Å². The molecular weight excluding hydrogens is 310 g/mol. The predicted octanol–water partition coefficient (Wildman–Crippen LogP) is 1.35. The standard InChI is InChI=1S/C17H25N3O2S/c1-18-7-9-20-15-6-8-19(12-13(15)4-5-16(20)21)17(22)11-14-3-2-10-23-14/h2-3,10,13,15,18H,4-9,11-12H2,1H3/t13-,15+/m0/s1. The molecule has 2 amide bonds. The topological polar surface area (TPSA) is 52.7 Å². The summed E-state index contributed by atoms with van der Waals surface area (Å²) in [6.07, 6.45) is 2.97. The molecule has 2 atom stereocenters. The molecule has 0 radical (unpaired) electrons. The number of carbonyl (C=O) groups excluding carboxylic acids is 2. The Bertz CT molecular complexity index is 546. The van der Waals surface area contributed by atoms with Crippen LogP contribution in [0.25, 0.3) is 0 Å². The van der Waals surface area contributed by atoms with Crippen molar-refractivity contribution < 1.29 is 9.59 Å². The van der Waals surface area contributed by atoms with Crippen molar-refractivity contribution in [2.75, 3.05) is 33.2 Å². The molecule has 1 aromatic rings. The highest BCUT2D eigenvalue weighted by Crippen LogP contribution is 2.31. The maximum atomic E-state index is 12.5. The average Bonchev–Trinajstić information content (AvgIpc) is 3.06. The van der Waals surface area contributed by atoms with E-state index in [0.717, 1.165) is 43.9 Å². The molecule has 1 N–H and O–H groups in total. The maximum Gasteiger partial charge on any atom is 0.227 e. The number of hydrogen-bond acceptors (Lipinski definition) is 4. The van der Waals surface area contributed by atoms with Crippen LogP contribution < -0.4 is 5.32 Å². The van der Waals surface area contributed by atoms with Gasteiger partial charge in [-0.05, 0) is 37.3 Å². The monoisotopic (exact) mass is 335 g/mol. The van der Waals surface area contributed by atoms with Crippen LogP contribution in [0.3, 0.4) is 0 Å². The summed E-state index contributed by atoms with van der Waals surface area (Å²) in [5.41, 5.74) is 0. The summed E-state index contributed by atoms with van der Waals surface area (Å²) in [4.78, 5) is 29.9. The molecule has 2 aliphatic rings. The second-order valence-electron chi connectivity index (χ2n) is 6.44. The van der Waals surface area contributed by atoms with Crippen LogP contribution in [0.4, 0.5) is 0 Å². The summed E-state index contributed by atoms with van der Waals surface area (Å²) < 4.78 is 0. The Hall–Kier alpha value is -1.40. The Kier molecular flexibility index (Phi) is 5.33. The van der Waals surface area contributed by atoms with Crippen molar-refractivity contribution in [3.63, 3.8) is 0 Å². The lowest BCUT2D eigenvalue weighted by Crippen LogP contribution is -2.57. The number of thiophene rings is 1. The van der Waals surface area contributed by atoms with Gasteiger partial charge >= 0.3 is 0 Å². The van der Waals surface area contributed by atoms with Gasteiger partial charge in [0.25, 0.3) is 0 Å². The number of amides is 2. The highest BCUT2D eigenvalue weighted by atomic mass is 32.1. The van der Waals surface area contributed by atoms with Crippen molar-refractivity contribution in [3.05, 3.63) is 22.4 Å². The van der Waals surface area contributed by atoms with Gasteiger partial charge in [0.1, 0.15) is 0 Å². The van der Waals surface area contributed by atoms with E-state index in [2.05, 4.69) is 5.32 Å². The minimum atomic E-state index is 0.226. The van der Waals surface area contributed by atoms with Gasteiger partial charge in [0.2, 0.25) is 11.8 Å². The molecule has 2 fully saturated rings. The Labute approximate surface area is 141 Å². The molecule has 2 saturated heterocycles. The maximum absolute atomic E-state index is 12.5. The van der Waals surface area contributed by atoms with Crippen molar-refractivity contribution in [2.45, 2.75) is 31.7 Å². The third-order valence-corrected chi connectivity index (χ3v) is 5.88. The molecule has 6 heteroatoms. The normalized spacial score (nSPS) is 24.7. The van der Waals surface area contributed by atoms with Gasteiger partial charge in [0, 0.05) is 43.5 Å². The fraction of sp³-hybridized carbons (Fsp3) is 0.647. The van der Waals surface area contributed by atoms with E-state index in [1.54, 1.807) is 11.3 Å². The third kappa shape index (κ3) is 3.75. The minimum absolute atomic E-state index is 0.226. The summed E-state index contributed by atoms with van der Waals surface area (Å²) in [6.45, 7) is 3.18. The predicted molar refractivity (Wildman–Crippen MR) is 91.4 cm³/mol. The van der Waals surface area contributed by atoms with Crippen LogP contribution in [-0.2, 0) is 16.0 Å². The first-order valence-electron chi connectivity index (χ1n) is 8.43. The van der Waals surface area contributed by atoms with Crippen molar-refractivity contribution in [1.29, 1.82) is 0 Å². The summed E-state index contributed by atoms with van der Waals surface area (Å²) >= 11 is 1.64. The number of nitrogens with one attached hydrogen (secondary N) is 1. The second kappa shape index (κ2) is 7.45. The van der Waals surface area contributed by atoms with E-state index in [0.29, 0.717) is 24.8 Å². The number of fused-ring (bicyclic) bond motifs is 1. The zero-order valence-corrected chi connectivity index (χ0v) is 14.5. The number of nitrogens with zero attached hydrogens (tertiary/aromatic N) is 2. The summed E-state index contributed by atoms with van der Waals surface area (Å²) in [5.74, 6) is 0.940. The van der Waals surface area contributed by atoms with E-state index in [4.69, 9.17) is 0 Å². The lowest BCUT2D eigenvalue weighted by Gasteiger charge is -2.47. The molecule has 3 heterocycles. The quantitative estimate of drug-likeness (QED) is 0.884. The summed E-state index contributed by atoms with van der Waals surface area (Å²) in [7, 11) is 1.91. The Morgan fingerprint density at radius 2 is 2.30 bits per heavy atom. The number of likely N-dealkylation sites (N-methyl/N-ethyl adjacent to an activating group) is 1. The molecule has 0 unspecified atom stereocenters. The Balaban J connectivity index is 1.60. The van der Waals surface area contributed by atoms with Crippen molar-refractivity contribution in [1.82, 2.24) is 15.1 Å². The molecule has 0 aromatic carbocycles. The van der Waals surface area contributed by atoms with E-state index in [1.807, 2.05) is 34.4 Å². The van der Waals surface area contributed by atoms with Crippen LogP contribution in [0, 0.1) is 5.92 Å².